The van der Waals surface area contributed by atoms with E-state index in [0.717, 1.165) is 24.9 Å². The number of amides is 2. The molecule has 1 aliphatic heterocycles. The van der Waals surface area contributed by atoms with Gasteiger partial charge in [0.15, 0.2) is 0 Å². The smallest absolute Gasteiger partial charge is 0.322 e. The Hall–Kier alpha value is -1.51. The molecule has 2 aliphatic rings. The molecular weight excluding hydrogens is 224 g/mol. The fourth-order valence-electron chi connectivity index (χ4n) is 3.19. The average molecular weight is 244 g/mol. The number of fused-ring (bicyclic) bond motifs is 1. The lowest BCUT2D eigenvalue weighted by Crippen LogP contribution is -2.46. The number of benzene rings is 1. The summed E-state index contributed by atoms with van der Waals surface area (Å²) < 4.78 is 0. The molecule has 0 bridgehead atoms. The van der Waals surface area contributed by atoms with Crippen LogP contribution in [-0.4, -0.2) is 18.1 Å². The first-order valence-corrected chi connectivity index (χ1v) is 6.93. The number of para-hydroxylation sites is 1. The number of hydrogen-bond acceptors (Lipinski definition) is 1. The third kappa shape index (κ3) is 1.98. The van der Waals surface area contributed by atoms with Crippen molar-refractivity contribution in [1.82, 2.24) is 5.32 Å². The maximum absolute atomic E-state index is 12.4. The van der Waals surface area contributed by atoms with Gasteiger partial charge < -0.3 is 5.32 Å². The lowest BCUT2D eigenvalue weighted by molar-refractivity contribution is 0.241. The maximum Gasteiger partial charge on any atom is 0.322 e. The molecule has 3 rings (SSSR count). The van der Waals surface area contributed by atoms with E-state index in [1.54, 1.807) is 0 Å². The molecule has 2 amide bonds. The van der Waals surface area contributed by atoms with Crippen molar-refractivity contribution in [3.05, 3.63) is 29.8 Å². The molecule has 0 spiro atoms. The molecule has 96 valence electrons. The number of rotatable bonds is 1. The van der Waals surface area contributed by atoms with Crippen molar-refractivity contribution in [3.8, 4) is 0 Å². The Morgan fingerprint density at radius 1 is 1.28 bits per heavy atom. The van der Waals surface area contributed by atoms with Crippen LogP contribution in [0.4, 0.5) is 10.5 Å². The van der Waals surface area contributed by atoms with E-state index in [-0.39, 0.29) is 12.1 Å². The number of anilines is 1. The van der Waals surface area contributed by atoms with Crippen LogP contribution in [0.5, 0.6) is 0 Å². The topological polar surface area (TPSA) is 32.3 Å². The Bertz CT molecular complexity index is 452. The fraction of sp³-hybridized carbons (Fsp3) is 0.533. The van der Waals surface area contributed by atoms with E-state index in [2.05, 4.69) is 18.3 Å². The van der Waals surface area contributed by atoms with Crippen LogP contribution in [0.2, 0.25) is 0 Å². The van der Waals surface area contributed by atoms with Crippen molar-refractivity contribution >= 4 is 11.7 Å². The van der Waals surface area contributed by atoms with Gasteiger partial charge in [0.2, 0.25) is 0 Å². The van der Waals surface area contributed by atoms with Crippen molar-refractivity contribution in [2.75, 3.05) is 4.90 Å². The van der Waals surface area contributed by atoms with Gasteiger partial charge in [0.25, 0.3) is 0 Å². The van der Waals surface area contributed by atoms with Crippen LogP contribution in [0.3, 0.4) is 0 Å². The van der Waals surface area contributed by atoms with E-state index in [1.807, 2.05) is 23.1 Å². The Labute approximate surface area is 108 Å². The molecule has 1 unspecified atom stereocenters. The number of carbonyl (C=O) groups is 1. The van der Waals surface area contributed by atoms with Gasteiger partial charge in [0, 0.05) is 17.8 Å². The standard InChI is InChI=1S/C15H20N2O/c1-11-10-12-6-2-5-9-14(12)17(11)15(18)16-13-7-3-4-8-13/h2,5-6,9,11,13H,3-4,7-8,10H2,1H3,(H,16,18). The highest BCUT2D eigenvalue weighted by Crippen LogP contribution is 2.32. The highest BCUT2D eigenvalue weighted by molar-refractivity contribution is 5.95. The summed E-state index contributed by atoms with van der Waals surface area (Å²) in [6.07, 6.45) is 5.73. The molecule has 1 saturated carbocycles. The number of carbonyl (C=O) groups excluding carboxylic acids is 1. The molecule has 18 heavy (non-hydrogen) atoms. The van der Waals surface area contributed by atoms with E-state index < -0.39 is 0 Å². The Morgan fingerprint density at radius 2 is 2.00 bits per heavy atom. The zero-order chi connectivity index (χ0) is 12.5. The summed E-state index contributed by atoms with van der Waals surface area (Å²) in [5, 5.41) is 3.18. The average Bonchev–Trinajstić information content (AvgIpc) is 2.94. The summed E-state index contributed by atoms with van der Waals surface area (Å²) in [7, 11) is 0. The van der Waals surface area contributed by atoms with Gasteiger partial charge in [-0.15, -0.1) is 0 Å². The van der Waals surface area contributed by atoms with Crippen LogP contribution in [0, 0.1) is 0 Å². The SMILES string of the molecule is CC1Cc2ccccc2N1C(=O)NC1CCCC1. The number of hydrogen-bond donors (Lipinski definition) is 1. The van der Waals surface area contributed by atoms with Gasteiger partial charge in [0.05, 0.1) is 0 Å². The minimum absolute atomic E-state index is 0.0827. The molecule has 0 radical (unpaired) electrons. The molecule has 1 N–H and O–H groups in total. The molecule has 0 saturated heterocycles. The quantitative estimate of drug-likeness (QED) is 0.809. The van der Waals surface area contributed by atoms with Crippen LogP contribution in [0.15, 0.2) is 24.3 Å². The first-order valence-electron chi connectivity index (χ1n) is 6.93. The Kier molecular flexibility index (Phi) is 2.98. The fourth-order valence-corrected chi connectivity index (χ4v) is 3.19. The van der Waals surface area contributed by atoms with Gasteiger partial charge in [-0.05, 0) is 37.8 Å². The summed E-state index contributed by atoms with van der Waals surface area (Å²) in [6, 6.07) is 8.96. The number of urea groups is 1. The predicted octanol–water partition coefficient (Wildman–Crippen LogP) is 3.09. The van der Waals surface area contributed by atoms with Crippen LogP contribution in [0.25, 0.3) is 0 Å². The van der Waals surface area contributed by atoms with Crippen LogP contribution < -0.4 is 10.2 Å². The summed E-state index contributed by atoms with van der Waals surface area (Å²) >= 11 is 0. The number of nitrogens with one attached hydrogen (secondary N) is 1. The second-order valence-corrected chi connectivity index (χ2v) is 5.48. The molecule has 1 aliphatic carbocycles. The minimum Gasteiger partial charge on any atom is -0.335 e. The van der Waals surface area contributed by atoms with Crippen LogP contribution >= 0.6 is 0 Å². The molecule has 0 aromatic heterocycles. The second-order valence-electron chi connectivity index (χ2n) is 5.48. The Morgan fingerprint density at radius 3 is 2.78 bits per heavy atom. The first-order chi connectivity index (χ1) is 8.75. The molecule has 1 heterocycles. The van der Waals surface area contributed by atoms with Gasteiger partial charge in [-0.1, -0.05) is 31.0 Å². The second kappa shape index (κ2) is 4.63. The highest BCUT2D eigenvalue weighted by Gasteiger charge is 2.31. The van der Waals surface area contributed by atoms with Gasteiger partial charge >= 0.3 is 6.03 Å². The molecule has 1 fully saturated rings. The van der Waals surface area contributed by atoms with E-state index in [0.29, 0.717) is 6.04 Å². The first kappa shape index (κ1) is 11.6. The lowest BCUT2D eigenvalue weighted by atomic mass is 10.1. The Balaban J connectivity index is 1.77. The highest BCUT2D eigenvalue weighted by atomic mass is 16.2. The van der Waals surface area contributed by atoms with Gasteiger partial charge in [-0.2, -0.15) is 0 Å². The van der Waals surface area contributed by atoms with Crippen molar-refractivity contribution < 1.29 is 4.79 Å². The predicted molar refractivity (Wildman–Crippen MR) is 72.9 cm³/mol. The van der Waals surface area contributed by atoms with E-state index in [9.17, 15) is 4.79 Å². The maximum atomic E-state index is 12.4. The van der Waals surface area contributed by atoms with Crippen molar-refractivity contribution in [2.45, 2.75) is 51.1 Å². The van der Waals surface area contributed by atoms with Gasteiger partial charge in [-0.3, -0.25) is 4.90 Å². The monoisotopic (exact) mass is 244 g/mol. The largest absolute Gasteiger partial charge is 0.335 e. The van der Waals surface area contributed by atoms with E-state index >= 15 is 0 Å². The van der Waals surface area contributed by atoms with Crippen molar-refractivity contribution in [3.63, 3.8) is 0 Å². The summed E-state index contributed by atoms with van der Waals surface area (Å²) in [4.78, 5) is 14.3. The molecule has 1 aromatic rings. The molecular formula is C15H20N2O. The molecule has 3 nitrogen and oxygen atoms in total. The van der Waals surface area contributed by atoms with Crippen LogP contribution in [-0.2, 0) is 6.42 Å². The van der Waals surface area contributed by atoms with Gasteiger partial charge in [0.1, 0.15) is 0 Å². The normalized spacial score (nSPS) is 23.2. The summed E-state index contributed by atoms with van der Waals surface area (Å²) in [5.41, 5.74) is 2.37. The number of nitrogens with zero attached hydrogens (tertiary/aromatic N) is 1. The van der Waals surface area contributed by atoms with Gasteiger partial charge in [-0.25, -0.2) is 4.79 Å². The third-order valence-corrected chi connectivity index (χ3v) is 4.11. The van der Waals surface area contributed by atoms with Crippen molar-refractivity contribution in [2.24, 2.45) is 0 Å². The molecule has 1 aromatic carbocycles. The van der Waals surface area contributed by atoms with E-state index in [4.69, 9.17) is 0 Å². The minimum atomic E-state index is 0.0827. The third-order valence-electron chi connectivity index (χ3n) is 4.11. The lowest BCUT2D eigenvalue weighted by Gasteiger charge is -2.25. The van der Waals surface area contributed by atoms with E-state index in [1.165, 1.54) is 18.4 Å². The van der Waals surface area contributed by atoms with Crippen LogP contribution in [0.1, 0.15) is 38.2 Å². The molecule has 1 atom stereocenters. The zero-order valence-corrected chi connectivity index (χ0v) is 10.9. The van der Waals surface area contributed by atoms with Crippen molar-refractivity contribution in [1.29, 1.82) is 0 Å². The molecule has 3 heteroatoms. The summed E-state index contributed by atoms with van der Waals surface area (Å²) in [6.45, 7) is 2.12. The zero-order valence-electron chi connectivity index (χ0n) is 10.9. The summed E-state index contributed by atoms with van der Waals surface area (Å²) in [5.74, 6) is 0.